The molecule has 2 nitrogen and oxygen atoms in total. The smallest absolute Gasteiger partial charge is 0.156 e. The lowest BCUT2D eigenvalue weighted by molar-refractivity contribution is -0.115. The van der Waals surface area contributed by atoms with Crippen LogP contribution in [0.4, 0.5) is 0 Å². The van der Waals surface area contributed by atoms with Gasteiger partial charge < -0.3 is 5.73 Å². The number of allylic oxidation sites excluding steroid dienone is 2. The Labute approximate surface area is 127 Å². The number of benzene rings is 1. The van der Waals surface area contributed by atoms with E-state index in [1.807, 2.05) is 18.2 Å². The number of hydrogen-bond donors (Lipinski definition) is 1. The summed E-state index contributed by atoms with van der Waals surface area (Å²) in [7, 11) is 0. The predicted molar refractivity (Wildman–Crippen MR) is 93.0 cm³/mol. The Morgan fingerprint density at radius 1 is 1.32 bits per heavy atom. The average Bonchev–Trinajstić information content (AvgIpc) is 2.49. The second-order valence-corrected chi connectivity index (χ2v) is 7.22. The molecule has 0 saturated heterocycles. The van der Waals surface area contributed by atoms with E-state index in [4.69, 9.17) is 5.73 Å². The summed E-state index contributed by atoms with van der Waals surface area (Å²) in [5, 5.41) is 0.237. The first kappa shape index (κ1) is 14.7. The normalized spacial score (nSPS) is 15.5. The van der Waals surface area contributed by atoms with Crippen LogP contribution < -0.4 is 5.73 Å². The van der Waals surface area contributed by atoms with Crippen molar-refractivity contribution in [3.63, 3.8) is 0 Å². The number of thioether (sulfide) groups is 1. The summed E-state index contributed by atoms with van der Waals surface area (Å²) in [6.07, 6.45) is 4.28. The highest BCUT2D eigenvalue weighted by molar-refractivity contribution is 14.2. The van der Waals surface area contributed by atoms with E-state index >= 15 is 0 Å². The van der Waals surface area contributed by atoms with Gasteiger partial charge in [0.2, 0.25) is 0 Å². The van der Waals surface area contributed by atoms with Crippen LogP contribution in [0.25, 0.3) is 0 Å². The number of ketones is 1. The third-order valence-electron chi connectivity index (χ3n) is 2.67. The maximum absolute atomic E-state index is 11.4. The molecule has 1 aliphatic rings. The van der Waals surface area contributed by atoms with Gasteiger partial charge >= 0.3 is 0 Å². The van der Waals surface area contributed by atoms with Gasteiger partial charge in [0.05, 0.1) is 17.5 Å². The van der Waals surface area contributed by atoms with E-state index in [2.05, 4.69) is 32.4 Å². The number of carbonyl (C=O) groups is 1. The molecule has 1 aromatic carbocycles. The molecule has 1 atom stereocenters. The van der Waals surface area contributed by atoms with Gasteiger partial charge in [0.15, 0.2) is 5.78 Å². The third kappa shape index (κ3) is 4.40. The van der Waals surface area contributed by atoms with Crippen LogP contribution in [0.15, 0.2) is 52.1 Å². The summed E-state index contributed by atoms with van der Waals surface area (Å²) in [5.41, 5.74) is 7.95. The monoisotopic (exact) mass is 385 g/mol. The minimum Gasteiger partial charge on any atom is -0.324 e. The highest BCUT2D eigenvalue weighted by atomic mass is 127. The van der Waals surface area contributed by atoms with Gasteiger partial charge in [-0.2, -0.15) is 0 Å². The molecule has 0 aromatic heterocycles. The van der Waals surface area contributed by atoms with Gasteiger partial charge in [-0.25, -0.2) is 0 Å². The molecule has 0 aliphatic carbocycles. The molecule has 19 heavy (non-hydrogen) atoms. The molecular weight excluding hydrogens is 369 g/mol. The van der Waals surface area contributed by atoms with Crippen molar-refractivity contribution in [1.82, 2.24) is 0 Å². The number of Topliss-reactive ketones (excluding diaryl/α,β-unsaturated/α-hetero) is 1. The van der Waals surface area contributed by atoms with Crippen molar-refractivity contribution in [3.8, 4) is 0 Å². The van der Waals surface area contributed by atoms with E-state index in [1.54, 1.807) is 11.8 Å². The predicted octanol–water partition coefficient (Wildman–Crippen LogP) is 3.22. The van der Waals surface area contributed by atoms with Gasteiger partial charge in [0, 0.05) is 0 Å². The number of rotatable bonds is 6. The lowest BCUT2D eigenvalue weighted by Crippen LogP contribution is -2.16. The zero-order valence-electron chi connectivity index (χ0n) is 10.5. The fourth-order valence-electron chi connectivity index (χ4n) is 1.73. The van der Waals surface area contributed by atoms with Crippen molar-refractivity contribution in [3.05, 3.63) is 57.7 Å². The molecular formula is C15H16INOS. The molecule has 1 aromatic rings. The first-order chi connectivity index (χ1) is 9.31. The average molecular weight is 385 g/mol. The summed E-state index contributed by atoms with van der Waals surface area (Å²) in [6.45, 7) is 0.129. The Bertz CT molecular complexity index is 522. The van der Waals surface area contributed by atoms with Gasteiger partial charge in [-0.15, -0.1) is 11.8 Å². The fraction of sp³-hybridized carbons (Fsp3) is 0.200. The molecule has 0 spiro atoms. The fourth-order valence-corrected chi connectivity index (χ4v) is 4.77. The zero-order chi connectivity index (χ0) is 13.5. The molecule has 0 saturated carbocycles. The molecule has 0 radical (unpaired) electrons. The Morgan fingerprint density at radius 2 is 2.11 bits per heavy atom. The highest BCUT2D eigenvalue weighted by Crippen LogP contribution is 2.38. The molecule has 0 fully saturated rings. The van der Waals surface area contributed by atoms with Crippen molar-refractivity contribution in [1.29, 1.82) is 0 Å². The van der Waals surface area contributed by atoms with Crippen molar-refractivity contribution in [2.45, 2.75) is 5.25 Å². The number of halogens is 1. The zero-order valence-corrected chi connectivity index (χ0v) is 13.4. The number of carbonyl (C=O) groups excluding carboxylic acids is 1. The van der Waals surface area contributed by atoms with E-state index in [9.17, 15) is 4.79 Å². The summed E-state index contributed by atoms with van der Waals surface area (Å²) < 4.78 is 4.57. The minimum atomic E-state index is 0.0213. The standard InChI is InChI=1S/C15H16INOS/c17-10-14(18)11-19-15(12-5-2-1-3-6-12)13-7-4-8-16-9-13/h1-9,15H,10-11,17H2. The van der Waals surface area contributed by atoms with E-state index in [0.717, 1.165) is 0 Å². The van der Waals surface area contributed by atoms with Crippen LogP contribution >= 0.6 is 32.5 Å². The lowest BCUT2D eigenvalue weighted by Gasteiger charge is -2.18. The second kappa shape index (κ2) is 7.77. The first-order valence-corrected chi connectivity index (χ1v) is 9.55. The molecule has 1 heterocycles. The van der Waals surface area contributed by atoms with E-state index < -0.39 is 0 Å². The highest BCUT2D eigenvalue weighted by Gasteiger charge is 2.17. The maximum atomic E-state index is 11.4. The van der Waals surface area contributed by atoms with Crippen LogP contribution in [0.1, 0.15) is 10.8 Å². The van der Waals surface area contributed by atoms with Crippen LogP contribution in [-0.2, 0) is 4.79 Å². The van der Waals surface area contributed by atoms with Crippen molar-refractivity contribution in [2.75, 3.05) is 12.3 Å². The van der Waals surface area contributed by atoms with E-state index in [0.29, 0.717) is 5.75 Å². The quantitative estimate of drug-likeness (QED) is 0.765. The van der Waals surface area contributed by atoms with E-state index in [1.165, 1.54) is 11.1 Å². The van der Waals surface area contributed by atoms with Crippen molar-refractivity contribution in [2.24, 2.45) is 5.73 Å². The summed E-state index contributed by atoms with van der Waals surface area (Å²) >= 11 is 1.69. The van der Waals surface area contributed by atoms with Crippen LogP contribution in [0, 0.1) is 0 Å². The first-order valence-electron chi connectivity index (χ1n) is 6.01. The van der Waals surface area contributed by atoms with Gasteiger partial charge in [-0.3, -0.25) is 4.79 Å². The van der Waals surface area contributed by atoms with Crippen LogP contribution in [-0.4, -0.2) is 22.1 Å². The van der Waals surface area contributed by atoms with Crippen LogP contribution in [0.2, 0.25) is 0 Å². The molecule has 1 unspecified atom stereocenters. The van der Waals surface area contributed by atoms with E-state index in [-0.39, 0.29) is 38.3 Å². The van der Waals surface area contributed by atoms with Crippen LogP contribution in [0.5, 0.6) is 0 Å². The molecule has 4 heteroatoms. The lowest BCUT2D eigenvalue weighted by atomic mass is 10.1. The molecule has 2 N–H and O–H groups in total. The maximum Gasteiger partial charge on any atom is 0.156 e. The van der Waals surface area contributed by atoms with Gasteiger partial charge in [0.25, 0.3) is 0 Å². The van der Waals surface area contributed by atoms with Crippen molar-refractivity contribution < 1.29 is 4.79 Å². The second-order valence-electron chi connectivity index (χ2n) is 4.06. The van der Waals surface area contributed by atoms with Gasteiger partial charge in [-0.05, 0) is 19.2 Å². The summed E-state index contributed by atoms with van der Waals surface area (Å²) in [6, 6.07) is 10.3. The Hall–Kier alpha value is -0.720. The van der Waals surface area contributed by atoms with Gasteiger partial charge in [0.1, 0.15) is 0 Å². The summed E-state index contributed by atoms with van der Waals surface area (Å²) in [5.74, 6) is 0.580. The topological polar surface area (TPSA) is 43.1 Å². The molecule has 0 bridgehead atoms. The van der Waals surface area contributed by atoms with Crippen LogP contribution in [0.3, 0.4) is 0 Å². The Balaban J connectivity index is 2.19. The molecule has 2 rings (SSSR count). The Kier molecular flexibility index (Phi) is 6.00. The third-order valence-corrected chi connectivity index (χ3v) is 5.94. The SMILES string of the molecule is NCC(=O)CSC(C1=CI=CC=C1)c1ccccc1. The largest absolute Gasteiger partial charge is 0.324 e. The minimum absolute atomic E-state index is 0.0213. The molecule has 0 amide bonds. The summed E-state index contributed by atoms with van der Waals surface area (Å²) in [4.78, 5) is 11.4. The van der Waals surface area contributed by atoms with Gasteiger partial charge in [-0.1, -0.05) is 63.2 Å². The Morgan fingerprint density at radius 3 is 2.74 bits per heavy atom. The number of hydrogen-bond acceptors (Lipinski definition) is 3. The molecule has 100 valence electrons. The van der Waals surface area contributed by atoms with Crippen molar-refractivity contribution >= 4 is 42.3 Å². The number of nitrogens with two attached hydrogens (primary N) is 1. The molecule has 1 aliphatic heterocycles.